The van der Waals surface area contributed by atoms with Crippen LogP contribution >= 0.6 is 0 Å². The van der Waals surface area contributed by atoms with Crippen molar-refractivity contribution in [3.63, 3.8) is 0 Å². The van der Waals surface area contributed by atoms with E-state index >= 15 is 0 Å². The third-order valence-electron chi connectivity index (χ3n) is 3.06. The molecule has 2 nitrogen and oxygen atoms in total. The molecule has 2 heteroatoms. The number of ether oxygens (including phenoxy) is 2. The zero-order valence-electron chi connectivity index (χ0n) is 10.4. The van der Waals surface area contributed by atoms with Crippen molar-refractivity contribution in [1.29, 1.82) is 0 Å². The topological polar surface area (TPSA) is 18.5 Å². The van der Waals surface area contributed by atoms with Gasteiger partial charge < -0.3 is 9.47 Å². The van der Waals surface area contributed by atoms with Gasteiger partial charge in [0, 0.05) is 12.8 Å². The van der Waals surface area contributed by atoms with Crippen molar-refractivity contribution in [1.82, 2.24) is 0 Å². The van der Waals surface area contributed by atoms with Gasteiger partial charge in [-0.1, -0.05) is 19.9 Å². The first-order chi connectivity index (χ1) is 7.77. The summed E-state index contributed by atoms with van der Waals surface area (Å²) in [6.45, 7) is 6.07. The maximum Gasteiger partial charge on any atom is 0.251 e. The Morgan fingerprint density at radius 2 is 1.62 bits per heavy atom. The predicted octanol–water partition coefficient (Wildman–Crippen LogP) is 4.06. The summed E-state index contributed by atoms with van der Waals surface area (Å²) in [4.78, 5) is 0. The Kier molecular flexibility index (Phi) is 3.08. The number of aryl methyl sites for hydroxylation is 1. The molecule has 1 spiro atoms. The van der Waals surface area contributed by atoms with Gasteiger partial charge in [0.05, 0.1) is 0 Å². The van der Waals surface area contributed by atoms with Crippen LogP contribution in [0.2, 0.25) is 0 Å². The van der Waals surface area contributed by atoms with Crippen LogP contribution in [0.25, 0.3) is 0 Å². The summed E-state index contributed by atoms with van der Waals surface area (Å²) in [5.41, 5.74) is 1.22. The van der Waals surface area contributed by atoms with Gasteiger partial charge in [-0.25, -0.2) is 0 Å². The van der Waals surface area contributed by atoms with Crippen LogP contribution in [0.5, 0.6) is 11.5 Å². The molecule has 1 aliphatic carbocycles. The predicted molar refractivity (Wildman–Crippen MR) is 65.0 cm³/mol. The molecule has 1 saturated carbocycles. The Morgan fingerprint density at radius 3 is 2.31 bits per heavy atom. The SMILES string of the molecule is CC.Cc1ccc2c(c1)OC1(CCCC1)O2. The molecule has 0 radical (unpaired) electrons. The molecule has 1 fully saturated rings. The minimum Gasteiger partial charge on any atom is -0.448 e. The monoisotopic (exact) mass is 220 g/mol. The smallest absolute Gasteiger partial charge is 0.251 e. The molecule has 1 aromatic carbocycles. The van der Waals surface area contributed by atoms with E-state index in [0.29, 0.717) is 0 Å². The highest BCUT2D eigenvalue weighted by Gasteiger charge is 2.43. The standard InChI is InChI=1S/C12H14O2.C2H6/c1-9-4-5-10-11(8-9)14-12(13-10)6-2-3-7-12;1-2/h4-5,8H,2-3,6-7H2,1H3;1-2H3. The summed E-state index contributed by atoms with van der Waals surface area (Å²) >= 11 is 0. The van der Waals surface area contributed by atoms with Crippen LogP contribution in [-0.2, 0) is 0 Å². The molecular formula is C14H20O2. The van der Waals surface area contributed by atoms with E-state index < -0.39 is 0 Å². The highest BCUT2D eigenvalue weighted by Crippen LogP contribution is 2.46. The Labute approximate surface area is 97.6 Å². The van der Waals surface area contributed by atoms with Crippen LogP contribution in [0, 0.1) is 6.92 Å². The molecule has 0 aromatic heterocycles. The van der Waals surface area contributed by atoms with E-state index in [2.05, 4.69) is 19.1 Å². The zero-order valence-corrected chi connectivity index (χ0v) is 10.4. The summed E-state index contributed by atoms with van der Waals surface area (Å²) in [7, 11) is 0. The lowest BCUT2D eigenvalue weighted by Gasteiger charge is -2.21. The van der Waals surface area contributed by atoms with E-state index in [1.165, 1.54) is 18.4 Å². The van der Waals surface area contributed by atoms with Gasteiger partial charge in [0.25, 0.3) is 5.79 Å². The number of benzene rings is 1. The van der Waals surface area contributed by atoms with Gasteiger partial charge in [-0.15, -0.1) is 0 Å². The lowest BCUT2D eigenvalue weighted by atomic mass is 10.2. The molecule has 0 amide bonds. The maximum atomic E-state index is 5.91. The van der Waals surface area contributed by atoms with Gasteiger partial charge in [0.1, 0.15) is 0 Å². The molecule has 0 saturated heterocycles. The fourth-order valence-electron chi connectivity index (χ4n) is 2.32. The molecule has 1 aliphatic heterocycles. The molecule has 0 bridgehead atoms. The second kappa shape index (κ2) is 4.36. The van der Waals surface area contributed by atoms with Gasteiger partial charge in [0.2, 0.25) is 0 Å². The van der Waals surface area contributed by atoms with Crippen molar-refractivity contribution in [2.75, 3.05) is 0 Å². The fraction of sp³-hybridized carbons (Fsp3) is 0.571. The van der Waals surface area contributed by atoms with Crippen molar-refractivity contribution in [3.8, 4) is 11.5 Å². The van der Waals surface area contributed by atoms with Crippen LogP contribution in [0.3, 0.4) is 0 Å². The van der Waals surface area contributed by atoms with Crippen molar-refractivity contribution < 1.29 is 9.47 Å². The maximum absolute atomic E-state index is 5.91. The van der Waals surface area contributed by atoms with Crippen LogP contribution < -0.4 is 9.47 Å². The quantitative estimate of drug-likeness (QED) is 0.656. The van der Waals surface area contributed by atoms with Gasteiger partial charge in [-0.3, -0.25) is 0 Å². The Hall–Kier alpha value is -1.18. The molecule has 0 N–H and O–H groups in total. The van der Waals surface area contributed by atoms with Crippen LogP contribution in [0.15, 0.2) is 18.2 Å². The van der Waals surface area contributed by atoms with Crippen molar-refractivity contribution >= 4 is 0 Å². The Bertz CT molecular complexity index is 365. The largest absolute Gasteiger partial charge is 0.448 e. The first-order valence-corrected chi connectivity index (χ1v) is 6.26. The van der Waals surface area contributed by atoms with E-state index in [-0.39, 0.29) is 5.79 Å². The molecular weight excluding hydrogens is 200 g/mol. The van der Waals surface area contributed by atoms with Gasteiger partial charge in [0.15, 0.2) is 11.5 Å². The first kappa shape index (κ1) is 11.3. The first-order valence-electron chi connectivity index (χ1n) is 6.26. The van der Waals surface area contributed by atoms with Gasteiger partial charge >= 0.3 is 0 Å². The number of fused-ring (bicyclic) bond motifs is 1. The molecule has 3 rings (SSSR count). The third kappa shape index (κ3) is 1.89. The highest BCUT2D eigenvalue weighted by molar-refractivity contribution is 5.45. The van der Waals surface area contributed by atoms with E-state index in [9.17, 15) is 0 Å². The lowest BCUT2D eigenvalue weighted by molar-refractivity contribution is -0.0716. The molecule has 2 aliphatic rings. The average molecular weight is 220 g/mol. The summed E-state index contributed by atoms with van der Waals surface area (Å²) in [6, 6.07) is 6.14. The molecule has 88 valence electrons. The lowest BCUT2D eigenvalue weighted by Crippen LogP contribution is -2.34. The Balaban J connectivity index is 0.000000457. The molecule has 1 aromatic rings. The van der Waals surface area contributed by atoms with Crippen LogP contribution in [-0.4, -0.2) is 5.79 Å². The number of rotatable bonds is 0. The summed E-state index contributed by atoms with van der Waals surface area (Å²) < 4.78 is 11.8. The third-order valence-corrected chi connectivity index (χ3v) is 3.06. The second-order valence-electron chi connectivity index (χ2n) is 4.27. The zero-order chi connectivity index (χ0) is 11.6. The van der Waals surface area contributed by atoms with Crippen molar-refractivity contribution in [2.45, 2.75) is 52.2 Å². The average Bonchev–Trinajstić information content (AvgIpc) is 2.88. The van der Waals surface area contributed by atoms with E-state index in [1.807, 2.05) is 19.9 Å². The van der Waals surface area contributed by atoms with E-state index in [4.69, 9.17) is 9.47 Å². The number of hydrogen-bond donors (Lipinski definition) is 0. The van der Waals surface area contributed by atoms with Crippen LogP contribution in [0.1, 0.15) is 45.1 Å². The molecule has 1 heterocycles. The summed E-state index contributed by atoms with van der Waals surface area (Å²) in [5, 5.41) is 0. The van der Waals surface area contributed by atoms with Crippen molar-refractivity contribution in [3.05, 3.63) is 23.8 Å². The van der Waals surface area contributed by atoms with E-state index in [1.54, 1.807) is 0 Å². The van der Waals surface area contributed by atoms with E-state index in [0.717, 1.165) is 24.3 Å². The minimum absolute atomic E-state index is 0.309. The number of hydrogen-bond acceptors (Lipinski definition) is 2. The summed E-state index contributed by atoms with van der Waals surface area (Å²) in [5.74, 6) is 1.53. The van der Waals surface area contributed by atoms with Gasteiger partial charge in [-0.2, -0.15) is 0 Å². The normalized spacial score (nSPS) is 19.4. The molecule has 16 heavy (non-hydrogen) atoms. The second-order valence-corrected chi connectivity index (χ2v) is 4.27. The minimum atomic E-state index is -0.309. The van der Waals surface area contributed by atoms with Crippen molar-refractivity contribution in [2.24, 2.45) is 0 Å². The molecule has 0 atom stereocenters. The Morgan fingerprint density at radius 1 is 1.00 bits per heavy atom. The fourth-order valence-corrected chi connectivity index (χ4v) is 2.32. The van der Waals surface area contributed by atoms with Crippen LogP contribution in [0.4, 0.5) is 0 Å². The van der Waals surface area contributed by atoms with Gasteiger partial charge in [-0.05, 0) is 37.5 Å². The summed E-state index contributed by atoms with van der Waals surface area (Å²) in [6.07, 6.45) is 4.49. The highest BCUT2D eigenvalue weighted by atomic mass is 16.7. The molecule has 0 unspecified atom stereocenters.